The highest BCUT2D eigenvalue weighted by Gasteiger charge is 2.62. The quantitative estimate of drug-likeness (QED) is 0.311. The molecule has 2 fully saturated rings. The molecule has 3 aliphatic heterocycles. The van der Waals surface area contributed by atoms with E-state index in [0.29, 0.717) is 38.8 Å². The number of fused-ring (bicyclic) bond motifs is 3. The molecule has 5 amide bonds. The van der Waals surface area contributed by atoms with E-state index in [1.165, 1.54) is 16.8 Å². The summed E-state index contributed by atoms with van der Waals surface area (Å²) in [6.45, 7) is 5.52. The number of hydrogen-bond donors (Lipinski definition) is 4. The summed E-state index contributed by atoms with van der Waals surface area (Å²) in [5, 5.41) is 14.4. The van der Waals surface area contributed by atoms with Crippen molar-refractivity contribution in [3.05, 3.63) is 65.4 Å². The minimum Gasteiger partial charge on any atom is -0.477 e. The molecule has 4 heterocycles. The van der Waals surface area contributed by atoms with Crippen molar-refractivity contribution in [2.45, 2.75) is 113 Å². The zero-order valence-electron chi connectivity index (χ0n) is 31.8. The summed E-state index contributed by atoms with van der Waals surface area (Å²) >= 11 is 0. The number of aromatic nitrogens is 1. The van der Waals surface area contributed by atoms with Gasteiger partial charge in [0.15, 0.2) is 5.03 Å². The fraction of sp³-hybridized carbons (Fsp3) is 0.526. The van der Waals surface area contributed by atoms with Crippen molar-refractivity contribution in [1.82, 2.24) is 29.7 Å². The monoisotopic (exact) mass is 796 g/mol. The first-order valence-electron chi connectivity index (χ1n) is 18.7. The van der Waals surface area contributed by atoms with Gasteiger partial charge >= 0.3 is 18.2 Å². The number of carboxylic acids is 1. The fourth-order valence-electron chi connectivity index (χ4n) is 7.54. The number of carboxylic acid groups (broad SMARTS) is 1. The highest BCUT2D eigenvalue weighted by molar-refractivity contribution is 7.90. The Labute approximate surface area is 324 Å². The summed E-state index contributed by atoms with van der Waals surface area (Å²) in [5.74, 6) is -4.41. The lowest BCUT2D eigenvalue weighted by Crippen LogP contribution is -2.58. The van der Waals surface area contributed by atoms with Gasteiger partial charge in [0, 0.05) is 32.5 Å². The van der Waals surface area contributed by atoms with Crippen LogP contribution < -0.4 is 15.4 Å². The smallest absolute Gasteiger partial charge is 0.410 e. The summed E-state index contributed by atoms with van der Waals surface area (Å²) in [4.78, 5) is 83.4. The minimum absolute atomic E-state index is 0.0432. The van der Waals surface area contributed by atoms with Crippen LogP contribution in [0, 0.1) is 5.92 Å². The molecule has 18 heteroatoms. The van der Waals surface area contributed by atoms with Crippen molar-refractivity contribution in [3.63, 3.8) is 0 Å². The van der Waals surface area contributed by atoms with Gasteiger partial charge in [0.2, 0.25) is 11.8 Å². The third-order valence-corrected chi connectivity index (χ3v) is 11.9. The van der Waals surface area contributed by atoms with Gasteiger partial charge in [-0.15, -0.1) is 0 Å². The van der Waals surface area contributed by atoms with Crippen LogP contribution in [0.25, 0.3) is 0 Å². The summed E-state index contributed by atoms with van der Waals surface area (Å²) in [5.41, 5.74) is -0.961. The fourth-order valence-corrected chi connectivity index (χ4v) is 8.77. The summed E-state index contributed by atoms with van der Waals surface area (Å²) in [6.07, 6.45) is 3.90. The Bertz CT molecular complexity index is 2030. The van der Waals surface area contributed by atoms with Gasteiger partial charge in [0.25, 0.3) is 15.9 Å². The van der Waals surface area contributed by atoms with E-state index in [1.54, 1.807) is 26.8 Å². The van der Waals surface area contributed by atoms with Crippen molar-refractivity contribution >= 4 is 45.9 Å². The zero-order valence-corrected chi connectivity index (χ0v) is 32.6. The van der Waals surface area contributed by atoms with E-state index < -0.39 is 86.2 Å². The van der Waals surface area contributed by atoms with E-state index in [9.17, 15) is 42.3 Å². The maximum Gasteiger partial charge on any atom is 0.410 e. The number of aromatic carboxylic acids is 1. The zero-order chi connectivity index (χ0) is 40.6. The van der Waals surface area contributed by atoms with Gasteiger partial charge in [0.1, 0.15) is 35.0 Å². The van der Waals surface area contributed by atoms with E-state index in [-0.39, 0.29) is 31.5 Å². The number of rotatable bonds is 6. The molecule has 0 spiro atoms. The average Bonchev–Trinajstić information content (AvgIpc) is 3.44. The molecule has 302 valence electrons. The van der Waals surface area contributed by atoms with Gasteiger partial charge in [-0.1, -0.05) is 49.3 Å². The minimum atomic E-state index is -4.61. The Morgan fingerprint density at radius 3 is 2.34 bits per heavy atom. The molecule has 1 saturated heterocycles. The Hall–Kier alpha value is -5.39. The maximum atomic E-state index is 14.4. The number of hydrogen-bond acceptors (Lipinski definition) is 10. The van der Waals surface area contributed by atoms with Gasteiger partial charge in [-0.2, -0.15) is 8.42 Å². The van der Waals surface area contributed by atoms with E-state index in [0.717, 1.165) is 27.8 Å². The third kappa shape index (κ3) is 8.69. The molecule has 4 aliphatic rings. The van der Waals surface area contributed by atoms with Crippen LogP contribution in [0.1, 0.15) is 87.3 Å². The molecule has 6 rings (SSSR count). The first-order valence-corrected chi connectivity index (χ1v) is 20.1. The van der Waals surface area contributed by atoms with Crippen LogP contribution in [-0.4, -0.2) is 99.6 Å². The van der Waals surface area contributed by atoms with Gasteiger partial charge in [-0.25, -0.2) is 19.1 Å². The molecule has 4 N–H and O–H groups in total. The standard InChI is InChI=1S/C38H48N6O11S/c1-37(2,3)55-35(50)39-27-15-9-7-5-6-8-14-25-19-38(25,34(49)41-56(52,53)30-17-16-28(33(47)48)42(30)4)40-31(45)29-18-26(22-44(29)32(27)46)54-36(51)43-20-23-12-10-11-13-24(23)21-43/h8,10-14,16-17,25-27,29H,5-7,9,15,18-22H2,1-4H3,(H,39,50)(H,40,45)(H,41,49)(H,47,48). The van der Waals surface area contributed by atoms with Crippen molar-refractivity contribution in [2.75, 3.05) is 6.54 Å². The number of carbonyl (C=O) groups excluding carboxylic acids is 5. The Morgan fingerprint density at radius 1 is 1.00 bits per heavy atom. The van der Waals surface area contributed by atoms with E-state index >= 15 is 0 Å². The third-order valence-electron chi connectivity index (χ3n) is 10.5. The molecule has 0 bridgehead atoms. The summed E-state index contributed by atoms with van der Waals surface area (Å²) in [6, 6.07) is 7.37. The van der Waals surface area contributed by atoms with E-state index in [4.69, 9.17) is 9.47 Å². The molecule has 56 heavy (non-hydrogen) atoms. The number of carbonyl (C=O) groups is 6. The number of ether oxygens (including phenoxy) is 2. The second-order valence-corrected chi connectivity index (χ2v) is 17.4. The van der Waals surface area contributed by atoms with Crippen LogP contribution in [0.4, 0.5) is 9.59 Å². The second kappa shape index (κ2) is 15.6. The lowest BCUT2D eigenvalue weighted by molar-refractivity contribution is -0.141. The second-order valence-electron chi connectivity index (χ2n) is 15.8. The molecule has 17 nitrogen and oxygen atoms in total. The Kier molecular flexibility index (Phi) is 11.2. The first kappa shape index (κ1) is 40.3. The van der Waals surface area contributed by atoms with Crippen LogP contribution in [-0.2, 0) is 54.0 Å². The van der Waals surface area contributed by atoms with Gasteiger partial charge < -0.3 is 34.7 Å². The van der Waals surface area contributed by atoms with Gasteiger partial charge in [-0.3, -0.25) is 19.3 Å². The van der Waals surface area contributed by atoms with Gasteiger partial charge in [-0.05, 0) is 69.7 Å². The molecule has 5 atom stereocenters. The van der Waals surface area contributed by atoms with Crippen LogP contribution >= 0.6 is 0 Å². The lowest BCUT2D eigenvalue weighted by atomic mass is 10.0. The molecular formula is C38H48N6O11S. The average molecular weight is 797 g/mol. The predicted octanol–water partition coefficient (Wildman–Crippen LogP) is 2.94. The SMILES string of the molecule is Cn1c(C(=O)O)ccc1S(=O)(=O)NC(=O)C12CC1C=CCCCCCC(NC(=O)OC(C)(C)C)C(=O)N1CC(OC(=O)N3Cc4ccccc4C3)CC1C(=O)N2. The summed E-state index contributed by atoms with van der Waals surface area (Å²) in [7, 11) is -3.38. The topological polar surface area (TPSA) is 223 Å². The number of allylic oxidation sites excluding steroid dienone is 1. The molecule has 5 unspecified atom stereocenters. The van der Waals surface area contributed by atoms with E-state index in [2.05, 4.69) is 10.6 Å². The van der Waals surface area contributed by atoms with Gasteiger partial charge in [0.05, 0.1) is 6.54 Å². The molecular weight excluding hydrogens is 749 g/mol. The van der Waals surface area contributed by atoms with E-state index in [1.807, 2.05) is 35.1 Å². The Balaban J connectivity index is 1.27. The van der Waals surface area contributed by atoms with Crippen molar-refractivity contribution in [3.8, 4) is 0 Å². The molecule has 1 saturated carbocycles. The number of benzene rings is 1. The van der Waals surface area contributed by atoms with Crippen molar-refractivity contribution < 1.29 is 51.8 Å². The number of sulfonamides is 1. The number of alkyl carbamates (subject to hydrolysis) is 1. The van der Waals surface area contributed by atoms with Crippen LogP contribution in [0.15, 0.2) is 53.6 Å². The normalized spacial score (nSPS) is 25.4. The van der Waals surface area contributed by atoms with Crippen molar-refractivity contribution in [1.29, 1.82) is 0 Å². The predicted molar refractivity (Wildman–Crippen MR) is 198 cm³/mol. The Morgan fingerprint density at radius 2 is 1.70 bits per heavy atom. The van der Waals surface area contributed by atoms with Crippen molar-refractivity contribution in [2.24, 2.45) is 13.0 Å². The summed E-state index contributed by atoms with van der Waals surface area (Å²) < 4.78 is 41.1. The molecule has 1 aromatic carbocycles. The lowest BCUT2D eigenvalue weighted by Gasteiger charge is -2.30. The number of amides is 5. The highest BCUT2D eigenvalue weighted by Crippen LogP contribution is 2.46. The molecule has 0 radical (unpaired) electrons. The molecule has 1 aromatic heterocycles. The maximum absolute atomic E-state index is 14.4. The molecule has 2 aromatic rings. The first-order chi connectivity index (χ1) is 26.4. The van der Waals surface area contributed by atoms with Crippen LogP contribution in [0.3, 0.4) is 0 Å². The molecule has 1 aliphatic carbocycles. The number of nitrogens with one attached hydrogen (secondary N) is 3. The number of nitrogens with zero attached hydrogens (tertiary/aromatic N) is 3. The highest BCUT2D eigenvalue weighted by atomic mass is 32.2. The van der Waals surface area contributed by atoms with Crippen LogP contribution in [0.2, 0.25) is 0 Å². The van der Waals surface area contributed by atoms with Crippen LogP contribution in [0.5, 0.6) is 0 Å². The largest absolute Gasteiger partial charge is 0.477 e.